The molecule has 6 heteroatoms. The third-order valence-electron chi connectivity index (χ3n) is 3.67. The first-order chi connectivity index (χ1) is 10.9. The standard InChI is InChI=1S/C17H27N3O3/c1-5-14(19-17(22)12(2)10-18)13-8-6-7-9-15(13)23-11-16(21)20(3)4/h6-9,12,14H,5,10-11,18H2,1-4H3,(H,19,22). The van der Waals surface area contributed by atoms with Gasteiger partial charge in [-0.3, -0.25) is 9.59 Å². The van der Waals surface area contributed by atoms with Gasteiger partial charge in [-0.1, -0.05) is 32.0 Å². The molecule has 0 aliphatic heterocycles. The lowest BCUT2D eigenvalue weighted by Crippen LogP contribution is -2.36. The Morgan fingerprint density at radius 2 is 1.96 bits per heavy atom. The molecule has 0 aromatic heterocycles. The van der Waals surface area contributed by atoms with Gasteiger partial charge in [0.05, 0.1) is 6.04 Å². The minimum absolute atomic E-state index is 0.0341. The predicted molar refractivity (Wildman–Crippen MR) is 90.0 cm³/mol. The number of hydrogen-bond acceptors (Lipinski definition) is 4. The maximum absolute atomic E-state index is 12.1. The van der Waals surface area contributed by atoms with Crippen LogP contribution < -0.4 is 15.8 Å². The molecule has 0 saturated heterocycles. The van der Waals surface area contributed by atoms with Gasteiger partial charge in [0.1, 0.15) is 5.75 Å². The molecule has 3 N–H and O–H groups in total. The van der Waals surface area contributed by atoms with Crippen molar-refractivity contribution in [1.29, 1.82) is 0 Å². The smallest absolute Gasteiger partial charge is 0.259 e. The monoisotopic (exact) mass is 321 g/mol. The summed E-state index contributed by atoms with van der Waals surface area (Å²) in [5, 5.41) is 2.99. The molecule has 1 aromatic carbocycles. The number of carbonyl (C=O) groups excluding carboxylic acids is 2. The number of carbonyl (C=O) groups is 2. The second-order valence-electron chi connectivity index (χ2n) is 5.72. The van der Waals surface area contributed by atoms with E-state index in [1.165, 1.54) is 4.90 Å². The topological polar surface area (TPSA) is 84.7 Å². The first-order valence-electron chi connectivity index (χ1n) is 7.83. The van der Waals surface area contributed by atoms with Crippen LogP contribution in [0.3, 0.4) is 0 Å². The molecule has 0 spiro atoms. The number of amides is 2. The van der Waals surface area contributed by atoms with Gasteiger partial charge in [-0.2, -0.15) is 0 Å². The van der Waals surface area contributed by atoms with Crippen LogP contribution in [0.5, 0.6) is 5.75 Å². The van der Waals surface area contributed by atoms with E-state index in [-0.39, 0.29) is 30.4 Å². The number of nitrogens with two attached hydrogens (primary N) is 1. The number of likely N-dealkylation sites (N-methyl/N-ethyl adjacent to an activating group) is 1. The molecule has 2 unspecified atom stereocenters. The Balaban J connectivity index is 2.88. The van der Waals surface area contributed by atoms with E-state index < -0.39 is 0 Å². The van der Waals surface area contributed by atoms with Crippen LogP contribution in [0.25, 0.3) is 0 Å². The van der Waals surface area contributed by atoms with Crippen molar-refractivity contribution < 1.29 is 14.3 Å². The maximum atomic E-state index is 12.1. The zero-order valence-electron chi connectivity index (χ0n) is 14.3. The summed E-state index contributed by atoms with van der Waals surface area (Å²) in [6, 6.07) is 7.26. The molecule has 1 aromatic rings. The largest absolute Gasteiger partial charge is 0.483 e. The lowest BCUT2D eigenvalue weighted by Gasteiger charge is -2.22. The van der Waals surface area contributed by atoms with E-state index in [0.29, 0.717) is 18.7 Å². The van der Waals surface area contributed by atoms with E-state index in [1.54, 1.807) is 27.1 Å². The van der Waals surface area contributed by atoms with E-state index in [4.69, 9.17) is 10.5 Å². The van der Waals surface area contributed by atoms with E-state index in [1.807, 2.05) is 25.1 Å². The molecule has 0 aliphatic carbocycles. The Bertz CT molecular complexity index is 532. The number of ether oxygens (including phenoxy) is 1. The van der Waals surface area contributed by atoms with Crippen molar-refractivity contribution in [2.45, 2.75) is 26.3 Å². The third kappa shape index (κ3) is 5.56. The Morgan fingerprint density at radius 1 is 1.30 bits per heavy atom. The Labute approximate surface area is 138 Å². The van der Waals surface area contributed by atoms with Gasteiger partial charge in [0.2, 0.25) is 5.91 Å². The summed E-state index contributed by atoms with van der Waals surface area (Å²) in [6.45, 7) is 4.05. The zero-order chi connectivity index (χ0) is 17.4. The molecule has 0 heterocycles. The predicted octanol–water partition coefficient (Wildman–Crippen LogP) is 1.32. The summed E-state index contributed by atoms with van der Waals surface area (Å²) in [5.41, 5.74) is 6.40. The van der Waals surface area contributed by atoms with Crippen molar-refractivity contribution in [3.8, 4) is 5.75 Å². The summed E-state index contributed by atoms with van der Waals surface area (Å²) in [6.07, 6.45) is 0.713. The van der Waals surface area contributed by atoms with Crippen molar-refractivity contribution in [3.05, 3.63) is 29.8 Å². The van der Waals surface area contributed by atoms with Crippen LogP contribution in [-0.2, 0) is 9.59 Å². The molecule has 0 fully saturated rings. The van der Waals surface area contributed by atoms with Gasteiger partial charge in [0.25, 0.3) is 5.91 Å². The van der Waals surface area contributed by atoms with Gasteiger partial charge in [-0.15, -0.1) is 0 Å². The number of rotatable bonds is 8. The number of para-hydroxylation sites is 1. The Hall–Kier alpha value is -2.08. The van der Waals surface area contributed by atoms with Crippen molar-refractivity contribution in [1.82, 2.24) is 10.2 Å². The van der Waals surface area contributed by atoms with Gasteiger partial charge < -0.3 is 20.7 Å². The molecule has 2 atom stereocenters. The molecule has 0 saturated carbocycles. The van der Waals surface area contributed by atoms with Crippen molar-refractivity contribution in [2.75, 3.05) is 27.2 Å². The normalized spacial score (nSPS) is 13.1. The zero-order valence-corrected chi connectivity index (χ0v) is 14.3. The lowest BCUT2D eigenvalue weighted by atomic mass is 10.0. The van der Waals surface area contributed by atoms with E-state index in [2.05, 4.69) is 5.32 Å². The fourth-order valence-electron chi connectivity index (χ4n) is 1.99. The molecule has 2 amide bonds. The molecule has 6 nitrogen and oxygen atoms in total. The van der Waals surface area contributed by atoms with E-state index in [0.717, 1.165) is 5.56 Å². The minimum atomic E-state index is -0.243. The highest BCUT2D eigenvalue weighted by molar-refractivity contribution is 5.79. The number of hydrogen-bond donors (Lipinski definition) is 2. The third-order valence-corrected chi connectivity index (χ3v) is 3.67. The van der Waals surface area contributed by atoms with Crippen molar-refractivity contribution in [2.24, 2.45) is 11.7 Å². The first-order valence-corrected chi connectivity index (χ1v) is 7.83. The number of nitrogens with one attached hydrogen (secondary N) is 1. The van der Waals surface area contributed by atoms with Gasteiger partial charge in [0.15, 0.2) is 6.61 Å². The molecule has 0 radical (unpaired) electrons. The van der Waals surface area contributed by atoms with Crippen LogP contribution in [0.15, 0.2) is 24.3 Å². The Kier molecular flexibility index (Phi) is 7.54. The highest BCUT2D eigenvalue weighted by Crippen LogP contribution is 2.27. The molecular weight excluding hydrogens is 294 g/mol. The summed E-state index contributed by atoms with van der Waals surface area (Å²) in [7, 11) is 3.36. The first kappa shape index (κ1) is 19.0. The second kappa shape index (κ2) is 9.15. The van der Waals surface area contributed by atoms with Crippen LogP contribution in [0.2, 0.25) is 0 Å². The van der Waals surface area contributed by atoms with Crippen LogP contribution in [0, 0.1) is 5.92 Å². The second-order valence-corrected chi connectivity index (χ2v) is 5.72. The molecule has 0 bridgehead atoms. The quantitative estimate of drug-likeness (QED) is 0.756. The van der Waals surface area contributed by atoms with Crippen LogP contribution in [0.4, 0.5) is 0 Å². The Morgan fingerprint density at radius 3 is 2.52 bits per heavy atom. The summed E-state index contributed by atoms with van der Waals surface area (Å²) in [5.74, 6) is 0.162. The van der Waals surface area contributed by atoms with Crippen LogP contribution in [0.1, 0.15) is 31.9 Å². The SMILES string of the molecule is CCC(NC(=O)C(C)CN)c1ccccc1OCC(=O)N(C)C. The number of nitrogens with zero attached hydrogens (tertiary/aromatic N) is 1. The maximum Gasteiger partial charge on any atom is 0.259 e. The van der Waals surface area contributed by atoms with Gasteiger partial charge in [0, 0.05) is 32.1 Å². The highest BCUT2D eigenvalue weighted by Gasteiger charge is 2.20. The molecular formula is C17H27N3O3. The molecule has 0 aliphatic rings. The fourth-order valence-corrected chi connectivity index (χ4v) is 1.99. The van der Waals surface area contributed by atoms with E-state index in [9.17, 15) is 9.59 Å². The fraction of sp³-hybridized carbons (Fsp3) is 0.529. The van der Waals surface area contributed by atoms with Crippen molar-refractivity contribution >= 4 is 11.8 Å². The number of benzene rings is 1. The molecule has 1 rings (SSSR count). The van der Waals surface area contributed by atoms with Crippen LogP contribution in [-0.4, -0.2) is 44.0 Å². The van der Waals surface area contributed by atoms with Crippen molar-refractivity contribution in [3.63, 3.8) is 0 Å². The summed E-state index contributed by atoms with van der Waals surface area (Å²) >= 11 is 0. The lowest BCUT2D eigenvalue weighted by molar-refractivity contribution is -0.131. The van der Waals surface area contributed by atoms with Gasteiger partial charge >= 0.3 is 0 Å². The summed E-state index contributed by atoms with van der Waals surface area (Å²) in [4.78, 5) is 25.3. The van der Waals surface area contributed by atoms with Gasteiger partial charge in [-0.05, 0) is 12.5 Å². The van der Waals surface area contributed by atoms with Crippen LogP contribution >= 0.6 is 0 Å². The van der Waals surface area contributed by atoms with E-state index >= 15 is 0 Å². The summed E-state index contributed by atoms with van der Waals surface area (Å²) < 4.78 is 5.64. The molecule has 128 valence electrons. The minimum Gasteiger partial charge on any atom is -0.483 e. The van der Waals surface area contributed by atoms with Gasteiger partial charge in [-0.25, -0.2) is 0 Å². The average molecular weight is 321 g/mol. The highest BCUT2D eigenvalue weighted by atomic mass is 16.5. The molecule has 23 heavy (non-hydrogen) atoms. The average Bonchev–Trinajstić information content (AvgIpc) is 2.56.